The van der Waals surface area contributed by atoms with Crippen molar-refractivity contribution in [1.82, 2.24) is 5.32 Å². The van der Waals surface area contributed by atoms with Gasteiger partial charge in [-0.05, 0) is 37.0 Å². The molecule has 3 N–H and O–H groups in total. The lowest BCUT2D eigenvalue weighted by Gasteiger charge is -2.13. The molecule has 0 heterocycles. The van der Waals surface area contributed by atoms with Gasteiger partial charge in [-0.15, -0.1) is 0 Å². The van der Waals surface area contributed by atoms with E-state index in [-0.39, 0.29) is 17.0 Å². The first-order chi connectivity index (χ1) is 10.7. The van der Waals surface area contributed by atoms with Gasteiger partial charge in [0.05, 0.1) is 18.6 Å². The normalized spacial score (nSPS) is 14.1. The number of rotatable bonds is 8. The minimum absolute atomic E-state index is 0.191. The summed E-state index contributed by atoms with van der Waals surface area (Å²) >= 11 is 0. The van der Waals surface area contributed by atoms with Crippen LogP contribution in [0.2, 0.25) is 0 Å². The molecule has 23 heavy (non-hydrogen) atoms. The molecule has 0 aromatic heterocycles. The molecule has 126 valence electrons. The van der Waals surface area contributed by atoms with E-state index in [1.807, 2.05) is 0 Å². The Balaban J connectivity index is 2.18. The maximum atomic E-state index is 11.9. The number of amides is 1. The van der Waals surface area contributed by atoms with Crippen molar-refractivity contribution in [3.05, 3.63) is 23.8 Å². The van der Waals surface area contributed by atoms with Crippen molar-refractivity contribution in [2.45, 2.75) is 12.8 Å². The average Bonchev–Trinajstić information content (AvgIpc) is 3.26. The zero-order valence-corrected chi connectivity index (χ0v) is 13.4. The number of aliphatic carboxylic acids is 1. The van der Waals surface area contributed by atoms with Crippen molar-refractivity contribution in [2.75, 3.05) is 24.1 Å². The van der Waals surface area contributed by atoms with Crippen molar-refractivity contribution in [3.63, 3.8) is 0 Å². The van der Waals surface area contributed by atoms with Crippen LogP contribution in [0.5, 0.6) is 5.75 Å². The second-order valence-electron chi connectivity index (χ2n) is 5.42. The van der Waals surface area contributed by atoms with Gasteiger partial charge in [0, 0.05) is 5.56 Å². The predicted molar refractivity (Wildman–Crippen MR) is 83.1 cm³/mol. The minimum atomic E-state index is -3.49. The molecule has 0 radical (unpaired) electrons. The summed E-state index contributed by atoms with van der Waals surface area (Å²) in [4.78, 5) is 22.4. The number of carboxylic acids is 1. The molecule has 2 rings (SSSR count). The van der Waals surface area contributed by atoms with Gasteiger partial charge < -0.3 is 15.2 Å². The topological polar surface area (TPSA) is 122 Å². The van der Waals surface area contributed by atoms with E-state index in [2.05, 4.69) is 10.0 Å². The molecule has 0 bridgehead atoms. The van der Waals surface area contributed by atoms with Crippen LogP contribution < -0.4 is 14.8 Å². The van der Waals surface area contributed by atoms with Crippen LogP contribution in [0.15, 0.2) is 18.2 Å². The molecule has 1 aromatic carbocycles. The molecule has 1 aliphatic rings. The fourth-order valence-corrected chi connectivity index (χ4v) is 2.39. The van der Waals surface area contributed by atoms with Crippen molar-refractivity contribution < 1.29 is 27.9 Å². The number of hydrogen-bond acceptors (Lipinski definition) is 5. The van der Waals surface area contributed by atoms with Gasteiger partial charge in [0.2, 0.25) is 10.0 Å². The Hall–Kier alpha value is -2.29. The van der Waals surface area contributed by atoms with Crippen LogP contribution in [-0.2, 0) is 14.8 Å². The van der Waals surface area contributed by atoms with Crippen molar-refractivity contribution >= 4 is 27.6 Å². The fraction of sp³-hybridized carbons (Fsp3) is 0.429. The maximum absolute atomic E-state index is 11.9. The van der Waals surface area contributed by atoms with E-state index in [1.165, 1.54) is 18.2 Å². The highest BCUT2D eigenvalue weighted by Gasteiger charge is 2.23. The minimum Gasteiger partial charge on any atom is -0.491 e. The molecular formula is C14H18N2O6S. The van der Waals surface area contributed by atoms with Crippen molar-refractivity contribution in [1.29, 1.82) is 0 Å². The molecule has 0 atom stereocenters. The summed E-state index contributed by atoms with van der Waals surface area (Å²) < 4.78 is 30.7. The van der Waals surface area contributed by atoms with E-state index < -0.39 is 28.4 Å². The van der Waals surface area contributed by atoms with E-state index in [1.54, 1.807) is 0 Å². The number of hydrogen-bond donors (Lipinski definition) is 3. The first kappa shape index (κ1) is 17.1. The highest BCUT2D eigenvalue weighted by Crippen LogP contribution is 2.32. The average molecular weight is 342 g/mol. The fourth-order valence-electron chi connectivity index (χ4n) is 1.82. The standard InChI is InChI=1S/C14H18N2O6S/c1-23(20,21)16-11-5-4-10(14(19)15-7-13(17)18)6-12(11)22-8-9-2-3-9/h4-6,9,16H,2-3,7-8H2,1H3,(H,15,19)(H,17,18). The number of nitrogens with one attached hydrogen (secondary N) is 2. The zero-order valence-electron chi connectivity index (χ0n) is 12.5. The Morgan fingerprint density at radius 2 is 2.04 bits per heavy atom. The number of carbonyl (C=O) groups excluding carboxylic acids is 1. The number of benzene rings is 1. The lowest BCUT2D eigenvalue weighted by molar-refractivity contribution is -0.135. The van der Waals surface area contributed by atoms with Crippen LogP contribution in [0.25, 0.3) is 0 Å². The van der Waals surface area contributed by atoms with Crippen molar-refractivity contribution in [3.8, 4) is 5.75 Å². The monoisotopic (exact) mass is 342 g/mol. The van der Waals surface area contributed by atoms with Crippen LogP contribution in [0.1, 0.15) is 23.2 Å². The molecule has 0 saturated heterocycles. The quantitative estimate of drug-likeness (QED) is 0.638. The Bertz CT molecular complexity index is 712. The van der Waals surface area contributed by atoms with Gasteiger partial charge in [0.15, 0.2) is 0 Å². The summed E-state index contributed by atoms with van der Waals surface area (Å²) in [6.07, 6.45) is 3.15. The molecule has 0 unspecified atom stereocenters. The number of anilines is 1. The Labute approximate surface area is 133 Å². The first-order valence-electron chi connectivity index (χ1n) is 6.99. The van der Waals surface area contributed by atoms with Gasteiger partial charge in [-0.2, -0.15) is 0 Å². The molecule has 1 aromatic rings. The van der Waals surface area contributed by atoms with E-state index in [9.17, 15) is 18.0 Å². The molecule has 0 aliphatic heterocycles. The third kappa shape index (κ3) is 5.78. The van der Waals surface area contributed by atoms with Crippen LogP contribution in [-0.4, -0.2) is 44.8 Å². The number of carbonyl (C=O) groups is 2. The molecule has 8 nitrogen and oxygen atoms in total. The predicted octanol–water partition coefficient (Wildman–Crippen LogP) is 0.661. The second-order valence-corrected chi connectivity index (χ2v) is 7.16. The van der Waals surface area contributed by atoms with Gasteiger partial charge in [-0.3, -0.25) is 14.3 Å². The van der Waals surface area contributed by atoms with E-state index in [0.717, 1.165) is 19.1 Å². The van der Waals surface area contributed by atoms with Gasteiger partial charge in [-0.25, -0.2) is 8.42 Å². The van der Waals surface area contributed by atoms with E-state index in [0.29, 0.717) is 12.5 Å². The summed E-state index contributed by atoms with van der Waals surface area (Å²) in [6.45, 7) is -0.0565. The molecule has 9 heteroatoms. The maximum Gasteiger partial charge on any atom is 0.322 e. The summed E-state index contributed by atoms with van der Waals surface area (Å²) in [5, 5.41) is 10.8. The zero-order chi connectivity index (χ0) is 17.0. The molecule has 1 fully saturated rings. The second kappa shape index (κ2) is 6.86. The molecule has 0 spiro atoms. The molecule has 1 amide bonds. The van der Waals surface area contributed by atoms with Gasteiger partial charge in [0.1, 0.15) is 12.3 Å². The van der Waals surface area contributed by atoms with Crippen LogP contribution in [0, 0.1) is 5.92 Å². The molecule has 1 aliphatic carbocycles. The SMILES string of the molecule is CS(=O)(=O)Nc1ccc(C(=O)NCC(=O)O)cc1OCC1CC1. The smallest absolute Gasteiger partial charge is 0.322 e. The summed E-state index contributed by atoms with van der Waals surface area (Å²) in [5.41, 5.74) is 0.430. The number of ether oxygens (including phenoxy) is 1. The Kier molecular flexibility index (Phi) is 5.09. The summed E-state index contributed by atoms with van der Waals surface area (Å²) in [6, 6.07) is 4.21. The summed E-state index contributed by atoms with van der Waals surface area (Å²) in [5.74, 6) is -1.04. The van der Waals surface area contributed by atoms with E-state index in [4.69, 9.17) is 9.84 Å². The molecular weight excluding hydrogens is 324 g/mol. The Morgan fingerprint density at radius 3 is 2.61 bits per heavy atom. The Morgan fingerprint density at radius 1 is 1.35 bits per heavy atom. The molecule has 1 saturated carbocycles. The van der Waals surface area contributed by atoms with Crippen LogP contribution >= 0.6 is 0 Å². The number of sulfonamides is 1. The van der Waals surface area contributed by atoms with Gasteiger partial charge in [0.25, 0.3) is 5.91 Å². The third-order valence-electron chi connectivity index (χ3n) is 3.11. The van der Waals surface area contributed by atoms with Gasteiger partial charge >= 0.3 is 5.97 Å². The highest BCUT2D eigenvalue weighted by atomic mass is 32.2. The van der Waals surface area contributed by atoms with Crippen LogP contribution in [0.3, 0.4) is 0 Å². The lowest BCUT2D eigenvalue weighted by atomic mass is 10.1. The van der Waals surface area contributed by atoms with Crippen molar-refractivity contribution in [2.24, 2.45) is 5.92 Å². The number of carboxylic acid groups (broad SMARTS) is 1. The summed E-state index contributed by atoms with van der Waals surface area (Å²) in [7, 11) is -3.49. The van der Waals surface area contributed by atoms with E-state index >= 15 is 0 Å². The highest BCUT2D eigenvalue weighted by molar-refractivity contribution is 7.92. The largest absolute Gasteiger partial charge is 0.491 e. The lowest BCUT2D eigenvalue weighted by Crippen LogP contribution is -2.29. The van der Waals surface area contributed by atoms with Crippen LogP contribution in [0.4, 0.5) is 5.69 Å². The first-order valence-corrected chi connectivity index (χ1v) is 8.88. The third-order valence-corrected chi connectivity index (χ3v) is 3.70. The van der Waals surface area contributed by atoms with Gasteiger partial charge in [-0.1, -0.05) is 0 Å².